The third-order valence-corrected chi connectivity index (χ3v) is 2.67. The van der Waals surface area contributed by atoms with E-state index in [4.69, 9.17) is 10.2 Å². The summed E-state index contributed by atoms with van der Waals surface area (Å²) in [7, 11) is 0. The van der Waals surface area contributed by atoms with Gasteiger partial charge in [-0.1, -0.05) is 33.6 Å². The van der Waals surface area contributed by atoms with E-state index in [2.05, 4.69) is 0 Å². The summed E-state index contributed by atoms with van der Waals surface area (Å²) in [5.74, 6) is -2.86. The van der Waals surface area contributed by atoms with Crippen molar-refractivity contribution in [1.82, 2.24) is 0 Å². The molecule has 0 unspecified atom stereocenters. The van der Waals surface area contributed by atoms with E-state index in [1.54, 1.807) is 13.8 Å². The fraction of sp³-hybridized carbons (Fsp3) is 0.800. The first-order valence-electron chi connectivity index (χ1n) is 4.86. The molecule has 0 heterocycles. The number of aliphatic carboxylic acids is 2. The Hall–Kier alpha value is -0.0600. The first kappa shape index (κ1) is 17.3. The van der Waals surface area contributed by atoms with Crippen molar-refractivity contribution in [3.8, 4) is 0 Å². The van der Waals surface area contributed by atoms with Crippen LogP contribution in [0.5, 0.6) is 0 Å². The molecule has 0 aromatic rings. The van der Waals surface area contributed by atoms with Crippen molar-refractivity contribution in [2.24, 2.45) is 11.3 Å². The predicted molar refractivity (Wildman–Crippen MR) is 59.2 cm³/mol. The normalized spacial score (nSPS) is 10.9. The van der Waals surface area contributed by atoms with Gasteiger partial charge in [0.1, 0.15) is 0 Å². The van der Waals surface area contributed by atoms with Crippen LogP contribution in [0.1, 0.15) is 40.0 Å². The van der Waals surface area contributed by atoms with Gasteiger partial charge in [0.15, 0.2) is 5.41 Å². The van der Waals surface area contributed by atoms with E-state index in [1.165, 1.54) is 0 Å². The van der Waals surface area contributed by atoms with Gasteiger partial charge in [-0.25, -0.2) is 0 Å². The molecule has 2 N–H and O–H groups in total. The van der Waals surface area contributed by atoms with Crippen LogP contribution >= 0.6 is 0 Å². The summed E-state index contributed by atoms with van der Waals surface area (Å²) in [5, 5.41) is 18.0. The van der Waals surface area contributed by atoms with Gasteiger partial charge in [0.2, 0.25) is 0 Å². The zero-order chi connectivity index (χ0) is 11.4. The average Bonchev–Trinajstić information content (AvgIpc) is 2.03. The van der Waals surface area contributed by atoms with Crippen molar-refractivity contribution in [2.75, 3.05) is 0 Å². The fourth-order valence-electron chi connectivity index (χ4n) is 1.54. The van der Waals surface area contributed by atoms with Crippen LogP contribution in [-0.2, 0) is 9.59 Å². The number of unbranched alkanes of at least 4 members (excludes halogenated alkanes) is 1. The van der Waals surface area contributed by atoms with Crippen molar-refractivity contribution in [1.29, 1.82) is 0 Å². The van der Waals surface area contributed by atoms with Crippen molar-refractivity contribution in [3.63, 3.8) is 0 Å². The molecule has 0 saturated carbocycles. The van der Waals surface area contributed by atoms with E-state index in [1.807, 2.05) is 6.92 Å². The Morgan fingerprint density at radius 1 is 1.20 bits per heavy atom. The van der Waals surface area contributed by atoms with Gasteiger partial charge in [0.25, 0.3) is 0 Å². The summed E-state index contributed by atoms with van der Waals surface area (Å²) in [5.41, 5.74) is -1.62. The van der Waals surface area contributed by atoms with Gasteiger partial charge in [-0.3, -0.25) is 9.59 Å². The van der Waals surface area contributed by atoms with Gasteiger partial charge in [0.05, 0.1) is 0 Å². The minimum atomic E-state index is -1.62. The topological polar surface area (TPSA) is 74.6 Å². The zero-order valence-corrected chi connectivity index (χ0v) is 8.91. The molecule has 0 fully saturated rings. The van der Waals surface area contributed by atoms with Crippen LogP contribution in [0.3, 0.4) is 0 Å². The van der Waals surface area contributed by atoms with Crippen molar-refractivity contribution < 1.29 is 19.8 Å². The third kappa shape index (κ3) is 3.78. The molecule has 0 amide bonds. The van der Waals surface area contributed by atoms with Crippen LogP contribution in [0.25, 0.3) is 0 Å². The van der Waals surface area contributed by atoms with Crippen LogP contribution in [0.4, 0.5) is 0 Å². The molecule has 0 aromatic carbocycles. The molecule has 0 aliphatic heterocycles. The third-order valence-electron chi connectivity index (χ3n) is 2.67. The second kappa shape index (κ2) is 7.25. The van der Waals surface area contributed by atoms with Crippen LogP contribution in [0.15, 0.2) is 0 Å². The number of hydrogen-bond donors (Lipinski definition) is 2. The molecule has 0 radical (unpaired) electrons. The van der Waals surface area contributed by atoms with Gasteiger partial charge in [0, 0.05) is 0 Å². The maximum absolute atomic E-state index is 11.0. The SMILES string of the molecule is CCCCC(C(=O)O)(C(=O)O)C(C)C.[NaH]. The molecule has 4 nitrogen and oxygen atoms in total. The van der Waals surface area contributed by atoms with E-state index < -0.39 is 23.3 Å². The van der Waals surface area contributed by atoms with Crippen LogP contribution in [0, 0.1) is 11.3 Å². The molecule has 0 aliphatic rings. The summed E-state index contributed by atoms with van der Waals surface area (Å²) < 4.78 is 0. The van der Waals surface area contributed by atoms with Crippen LogP contribution in [0.2, 0.25) is 0 Å². The number of hydrogen-bond acceptors (Lipinski definition) is 2. The van der Waals surface area contributed by atoms with Crippen molar-refractivity contribution in [2.45, 2.75) is 40.0 Å². The minimum absolute atomic E-state index is 0. The molecule has 0 atom stereocenters. The van der Waals surface area contributed by atoms with E-state index in [9.17, 15) is 9.59 Å². The van der Waals surface area contributed by atoms with Gasteiger partial charge in [-0.2, -0.15) is 0 Å². The molecular formula is C10H19NaO4. The second-order valence-electron chi connectivity index (χ2n) is 3.84. The second-order valence-corrected chi connectivity index (χ2v) is 3.84. The van der Waals surface area contributed by atoms with Crippen LogP contribution in [-0.4, -0.2) is 51.7 Å². The average molecular weight is 226 g/mol. The molecule has 0 saturated heterocycles. The van der Waals surface area contributed by atoms with Crippen LogP contribution < -0.4 is 0 Å². The Morgan fingerprint density at radius 3 is 1.80 bits per heavy atom. The zero-order valence-electron chi connectivity index (χ0n) is 8.91. The monoisotopic (exact) mass is 226 g/mol. The Balaban J connectivity index is 0. The van der Waals surface area contributed by atoms with E-state index in [0.717, 1.165) is 6.42 Å². The number of rotatable bonds is 6. The summed E-state index contributed by atoms with van der Waals surface area (Å²) in [6.07, 6.45) is 1.62. The Labute approximate surface area is 112 Å². The quantitative estimate of drug-likeness (QED) is 0.529. The van der Waals surface area contributed by atoms with E-state index >= 15 is 0 Å². The summed E-state index contributed by atoms with van der Waals surface area (Å²) >= 11 is 0. The van der Waals surface area contributed by atoms with Gasteiger partial charge in [-0.05, 0) is 12.3 Å². The molecule has 0 bridgehead atoms. The fourth-order valence-corrected chi connectivity index (χ4v) is 1.54. The van der Waals surface area contributed by atoms with Crippen molar-refractivity contribution >= 4 is 41.5 Å². The molecule has 0 rings (SSSR count). The molecular weight excluding hydrogens is 207 g/mol. The maximum atomic E-state index is 11.0. The van der Waals surface area contributed by atoms with E-state index in [0.29, 0.717) is 6.42 Å². The van der Waals surface area contributed by atoms with Crippen molar-refractivity contribution in [3.05, 3.63) is 0 Å². The molecule has 0 spiro atoms. The molecule has 5 heteroatoms. The van der Waals surface area contributed by atoms with E-state index in [-0.39, 0.29) is 36.0 Å². The summed E-state index contributed by atoms with van der Waals surface area (Å²) in [4.78, 5) is 22.1. The number of carboxylic acids is 2. The summed E-state index contributed by atoms with van der Waals surface area (Å²) in [6.45, 7) is 5.19. The molecule has 84 valence electrons. The Kier molecular flexibility index (Phi) is 8.38. The molecule has 15 heavy (non-hydrogen) atoms. The first-order valence-corrected chi connectivity index (χ1v) is 4.86. The Morgan fingerprint density at radius 2 is 1.60 bits per heavy atom. The molecule has 0 aromatic heterocycles. The van der Waals surface area contributed by atoms with Gasteiger partial charge >= 0.3 is 41.5 Å². The first-order chi connectivity index (χ1) is 6.39. The van der Waals surface area contributed by atoms with Gasteiger partial charge in [-0.15, -0.1) is 0 Å². The predicted octanol–water partition coefficient (Wildman–Crippen LogP) is 1.34. The standard InChI is InChI=1S/C10H18O4.Na.H/c1-4-5-6-10(7(2)3,8(11)12)9(13)14;;/h7H,4-6H2,1-3H3,(H,11,12)(H,13,14);;. The Bertz CT molecular complexity index is 211. The van der Waals surface area contributed by atoms with Gasteiger partial charge < -0.3 is 10.2 Å². The summed E-state index contributed by atoms with van der Waals surface area (Å²) in [6, 6.07) is 0. The number of carbonyl (C=O) groups is 2. The molecule has 0 aliphatic carbocycles. The number of carboxylic acid groups (broad SMARTS) is 2.